The molecule has 0 aliphatic carbocycles. The van der Waals surface area contributed by atoms with Crippen LogP contribution in [-0.4, -0.2) is 28.4 Å². The van der Waals surface area contributed by atoms with Crippen LogP contribution in [0.5, 0.6) is 0 Å². The molecule has 4 nitrogen and oxygen atoms in total. The number of hydrogen-bond donors (Lipinski definition) is 3. The van der Waals surface area contributed by atoms with Gasteiger partial charge in [-0.2, -0.15) is 0 Å². The molecule has 0 radical (unpaired) electrons. The summed E-state index contributed by atoms with van der Waals surface area (Å²) >= 11 is 0. The number of rotatable bonds is 4. The molecule has 0 amide bonds. The van der Waals surface area contributed by atoms with Crippen molar-refractivity contribution in [3.8, 4) is 0 Å². The van der Waals surface area contributed by atoms with Gasteiger partial charge >= 0.3 is 0 Å². The number of nitrogens with zero attached hydrogens (tertiary/aromatic N) is 1. The third-order valence-electron chi connectivity index (χ3n) is 2.15. The molecule has 4 heteroatoms. The molecule has 0 aromatic carbocycles. The predicted molar refractivity (Wildman–Crippen MR) is 49.1 cm³/mol. The highest BCUT2D eigenvalue weighted by molar-refractivity contribution is 5.77. The highest BCUT2D eigenvalue weighted by atomic mass is 16.3. The lowest BCUT2D eigenvalue weighted by Gasteiger charge is -2.24. The van der Waals surface area contributed by atoms with E-state index < -0.39 is 0 Å². The van der Waals surface area contributed by atoms with Crippen molar-refractivity contribution in [3.63, 3.8) is 0 Å². The van der Waals surface area contributed by atoms with E-state index in [9.17, 15) is 0 Å². The fourth-order valence-electron chi connectivity index (χ4n) is 1.47. The van der Waals surface area contributed by atoms with Gasteiger partial charge in [0.15, 0.2) is 0 Å². The molecule has 70 valence electrons. The van der Waals surface area contributed by atoms with E-state index in [0.29, 0.717) is 12.8 Å². The molecule has 0 saturated carbocycles. The van der Waals surface area contributed by atoms with Crippen LogP contribution in [0.3, 0.4) is 0 Å². The number of nitrogens with one attached hydrogen (secondary N) is 1. The number of anilines is 2. The summed E-state index contributed by atoms with van der Waals surface area (Å²) in [6.07, 6.45) is 1.14. The molecular formula is C9H12N2O2. The summed E-state index contributed by atoms with van der Waals surface area (Å²) in [5, 5.41) is 20.7. The normalized spacial score (nSPS) is 12.2. The summed E-state index contributed by atoms with van der Waals surface area (Å²) in [5.41, 5.74) is 3.79. The first-order chi connectivity index (χ1) is 6.35. The Morgan fingerprint density at radius 1 is 1.08 bits per heavy atom. The maximum Gasteiger partial charge on any atom is 0.0665 e. The Bertz CT molecular complexity index is 298. The highest BCUT2D eigenvalue weighted by Crippen LogP contribution is 2.34. The summed E-state index contributed by atoms with van der Waals surface area (Å²) in [5.74, 6) is 0. The predicted octanol–water partition coefficient (Wildman–Crippen LogP) is 0.208. The van der Waals surface area contributed by atoms with Crippen molar-refractivity contribution in [2.45, 2.75) is 12.8 Å². The molecule has 3 N–H and O–H groups in total. The molecule has 0 atom stereocenters. The van der Waals surface area contributed by atoms with E-state index in [1.807, 2.05) is 6.07 Å². The van der Waals surface area contributed by atoms with Gasteiger partial charge in [-0.3, -0.25) is 4.98 Å². The summed E-state index contributed by atoms with van der Waals surface area (Å²) in [7, 11) is 0. The minimum Gasteiger partial charge on any atom is -0.396 e. The fraction of sp³-hybridized carbons (Fsp3) is 0.444. The van der Waals surface area contributed by atoms with Crippen molar-refractivity contribution in [2.24, 2.45) is 0 Å². The Balaban J connectivity index is 2.24. The first-order valence-electron chi connectivity index (χ1n) is 4.36. The Labute approximate surface area is 76.2 Å². The molecule has 2 aliphatic rings. The van der Waals surface area contributed by atoms with Crippen LogP contribution in [0.25, 0.3) is 0 Å². The van der Waals surface area contributed by atoms with Crippen molar-refractivity contribution < 1.29 is 10.2 Å². The molecule has 0 spiro atoms. The minimum atomic E-state index is 0.111. The zero-order chi connectivity index (χ0) is 9.26. The number of aromatic nitrogens is 1. The maximum atomic E-state index is 8.77. The van der Waals surface area contributed by atoms with Crippen LogP contribution in [-0.2, 0) is 12.8 Å². The standard InChI is InChI=1S/C9H12N2O2/c12-3-1-6-8-5-9(11-8)7(10-6)2-4-13/h5,11-13H,1-4H2. The Kier molecular flexibility index (Phi) is 2.16. The molecule has 2 bridgehead atoms. The average Bonchev–Trinajstić information content (AvgIpc) is 2.02. The van der Waals surface area contributed by atoms with E-state index in [0.717, 1.165) is 22.8 Å². The number of pyridine rings is 1. The summed E-state index contributed by atoms with van der Waals surface area (Å²) in [6, 6.07) is 2.00. The van der Waals surface area contributed by atoms with Crippen molar-refractivity contribution in [1.29, 1.82) is 0 Å². The van der Waals surface area contributed by atoms with Crippen LogP contribution >= 0.6 is 0 Å². The zero-order valence-corrected chi connectivity index (χ0v) is 7.25. The highest BCUT2D eigenvalue weighted by Gasteiger charge is 2.18. The molecule has 0 fully saturated rings. The van der Waals surface area contributed by atoms with Crippen molar-refractivity contribution in [3.05, 3.63) is 17.5 Å². The zero-order valence-electron chi connectivity index (χ0n) is 7.25. The summed E-state index contributed by atoms with van der Waals surface area (Å²) < 4.78 is 0. The molecular weight excluding hydrogens is 168 g/mol. The Morgan fingerprint density at radius 3 is 1.92 bits per heavy atom. The van der Waals surface area contributed by atoms with Gasteiger partial charge in [0, 0.05) is 26.1 Å². The van der Waals surface area contributed by atoms with Crippen LogP contribution in [0.1, 0.15) is 11.4 Å². The van der Waals surface area contributed by atoms with Crippen LogP contribution < -0.4 is 5.32 Å². The molecule has 2 aliphatic heterocycles. The molecule has 0 unspecified atom stereocenters. The van der Waals surface area contributed by atoms with Crippen molar-refractivity contribution in [1.82, 2.24) is 4.98 Å². The second kappa shape index (κ2) is 3.32. The van der Waals surface area contributed by atoms with Crippen LogP contribution in [0.15, 0.2) is 6.07 Å². The second-order valence-corrected chi connectivity index (χ2v) is 3.05. The van der Waals surface area contributed by atoms with E-state index in [-0.39, 0.29) is 13.2 Å². The van der Waals surface area contributed by atoms with Crippen molar-refractivity contribution in [2.75, 3.05) is 18.5 Å². The van der Waals surface area contributed by atoms with Crippen LogP contribution in [0.2, 0.25) is 0 Å². The van der Waals surface area contributed by atoms with E-state index in [4.69, 9.17) is 10.2 Å². The average molecular weight is 180 g/mol. The number of aliphatic hydroxyl groups excluding tert-OH is 2. The van der Waals surface area contributed by atoms with Gasteiger partial charge in [-0.1, -0.05) is 0 Å². The van der Waals surface area contributed by atoms with Gasteiger partial charge in [-0.25, -0.2) is 0 Å². The largest absolute Gasteiger partial charge is 0.396 e. The Morgan fingerprint density at radius 2 is 1.54 bits per heavy atom. The van der Waals surface area contributed by atoms with Gasteiger partial charge in [0.05, 0.1) is 22.8 Å². The molecule has 0 saturated heterocycles. The van der Waals surface area contributed by atoms with E-state index in [1.54, 1.807) is 0 Å². The van der Waals surface area contributed by atoms with Crippen LogP contribution in [0.4, 0.5) is 11.4 Å². The molecule has 13 heavy (non-hydrogen) atoms. The van der Waals surface area contributed by atoms with E-state index in [1.165, 1.54) is 0 Å². The Hall–Kier alpha value is -1.13. The quantitative estimate of drug-likeness (QED) is 0.629. The van der Waals surface area contributed by atoms with Gasteiger partial charge in [-0.05, 0) is 6.07 Å². The minimum absolute atomic E-state index is 0.111. The lowest BCUT2D eigenvalue weighted by molar-refractivity contribution is 0.295. The molecule has 3 heterocycles. The summed E-state index contributed by atoms with van der Waals surface area (Å²) in [4.78, 5) is 4.34. The molecule has 1 aromatic rings. The summed E-state index contributed by atoms with van der Waals surface area (Å²) in [6.45, 7) is 0.221. The number of aliphatic hydroxyl groups is 2. The van der Waals surface area contributed by atoms with Gasteiger partial charge in [0.25, 0.3) is 0 Å². The van der Waals surface area contributed by atoms with Crippen molar-refractivity contribution >= 4 is 11.4 Å². The lowest BCUT2D eigenvalue weighted by atomic mass is 10.1. The van der Waals surface area contributed by atoms with Gasteiger partial charge in [0.2, 0.25) is 0 Å². The lowest BCUT2D eigenvalue weighted by Crippen LogP contribution is -2.15. The molecule has 1 aromatic heterocycles. The first kappa shape index (κ1) is 8.47. The van der Waals surface area contributed by atoms with Gasteiger partial charge < -0.3 is 15.5 Å². The topological polar surface area (TPSA) is 65.4 Å². The number of fused-ring (bicyclic) bond motifs is 2. The van der Waals surface area contributed by atoms with E-state index >= 15 is 0 Å². The fourth-order valence-corrected chi connectivity index (χ4v) is 1.47. The van der Waals surface area contributed by atoms with Gasteiger partial charge in [0.1, 0.15) is 0 Å². The van der Waals surface area contributed by atoms with Gasteiger partial charge in [-0.15, -0.1) is 0 Å². The maximum absolute atomic E-state index is 8.77. The first-order valence-corrected chi connectivity index (χ1v) is 4.36. The molecule has 3 rings (SSSR count). The smallest absolute Gasteiger partial charge is 0.0665 e. The SMILES string of the molecule is OCCc1nc(CCO)c2cc1N2. The number of hydrogen-bond acceptors (Lipinski definition) is 4. The third kappa shape index (κ3) is 1.38. The monoisotopic (exact) mass is 180 g/mol. The van der Waals surface area contributed by atoms with E-state index in [2.05, 4.69) is 10.3 Å². The van der Waals surface area contributed by atoms with Crippen LogP contribution in [0, 0.1) is 0 Å². The second-order valence-electron chi connectivity index (χ2n) is 3.05. The third-order valence-corrected chi connectivity index (χ3v) is 2.15.